The molecule has 0 aliphatic rings. The van der Waals surface area contributed by atoms with E-state index in [0.29, 0.717) is 0 Å². The molecule has 98 valence electrons. The van der Waals surface area contributed by atoms with Crippen LogP contribution in [-0.2, 0) is 0 Å². The second kappa shape index (κ2) is 43.5. The van der Waals surface area contributed by atoms with Crippen molar-refractivity contribution >= 4 is 13.2 Å². The first-order valence-corrected chi connectivity index (χ1v) is 7.97. The average Bonchev–Trinajstić information content (AvgIpc) is 1.96. The van der Waals surface area contributed by atoms with Crippen LogP contribution in [0.5, 0.6) is 0 Å². The van der Waals surface area contributed by atoms with Crippen LogP contribution in [0, 0.1) is 113 Å². The second-order valence-electron chi connectivity index (χ2n) is 2.29. The predicted molar refractivity (Wildman–Crippen MR) is 65.9 cm³/mol. The topological polar surface area (TPSA) is 0 Å². The van der Waals surface area contributed by atoms with Crippen LogP contribution < -0.4 is 0 Å². The van der Waals surface area contributed by atoms with E-state index < -0.39 is 6.89 Å². The Morgan fingerprint density at radius 2 is 0.571 bits per heavy atom. The molecule has 0 saturated heterocycles. The summed E-state index contributed by atoms with van der Waals surface area (Å²) in [7, 11) is 0. The molecule has 0 spiro atoms. The molecule has 0 amide bonds. The van der Waals surface area contributed by atoms with Crippen molar-refractivity contribution < 1.29 is 113 Å². The molecule has 0 aromatic carbocycles. The largest absolute Gasteiger partial charge is 0.121 e. The van der Waals surface area contributed by atoms with E-state index in [0.717, 1.165) is 0 Å². The molecule has 0 aliphatic carbocycles. The molecule has 0 atom stereocenters. The minimum atomic E-state index is -0.639. The number of hydrogen-bond donors (Lipinski definition) is 0. The maximum atomic E-state index is 3.88. The van der Waals surface area contributed by atoms with Gasteiger partial charge in [-0.25, -0.2) is 0 Å². The molecule has 0 fully saturated rings. The predicted octanol–water partition coefficient (Wildman–Crippen LogP) is 4.40. The normalized spacial score (nSPS) is 5.50. The van der Waals surface area contributed by atoms with Gasteiger partial charge in [0.2, 0.25) is 0 Å². The van der Waals surface area contributed by atoms with Gasteiger partial charge in [-0.15, -0.1) is 13.2 Å². The van der Waals surface area contributed by atoms with Crippen LogP contribution in [0.1, 0.15) is 41.5 Å². The van der Waals surface area contributed by atoms with Crippen molar-refractivity contribution in [3.05, 3.63) is 0 Å². The summed E-state index contributed by atoms with van der Waals surface area (Å²) >= 11 is 0. The summed E-state index contributed by atoms with van der Waals surface area (Å²) in [6.45, 7) is 17.9. The van der Waals surface area contributed by atoms with Crippen LogP contribution in [-0.4, -0.2) is 26.3 Å². The van der Waals surface area contributed by atoms with E-state index in [1.165, 1.54) is 0 Å². The van der Waals surface area contributed by atoms with Gasteiger partial charge in [0.15, 0.2) is 0 Å². The molecule has 0 radical (unpaired) electrons. The minimum Gasteiger partial charge on any atom is -0.121 e. The first-order valence-electron chi connectivity index (χ1n) is 4.66. The smallest absolute Gasteiger partial charge is 0 e. The van der Waals surface area contributed by atoms with Gasteiger partial charge >= 0.3 is 0 Å². The molecule has 0 aromatic rings. The van der Waals surface area contributed by atoms with E-state index in [4.69, 9.17) is 0 Å². The van der Waals surface area contributed by atoms with Crippen LogP contribution in [0.4, 0.5) is 0 Å². The van der Waals surface area contributed by atoms with Crippen molar-refractivity contribution in [2.75, 3.05) is 20.0 Å². The van der Waals surface area contributed by atoms with E-state index in [1.807, 2.05) is 41.5 Å². The Morgan fingerprint density at radius 3 is 0.571 bits per heavy atom. The minimum absolute atomic E-state index is 0. The molecule has 0 aromatic heterocycles. The van der Waals surface area contributed by atoms with E-state index in [1.54, 1.807) is 0 Å². The molecule has 0 bridgehead atoms. The fourth-order valence-electron chi connectivity index (χ4n) is 0. The van der Waals surface area contributed by atoms with Gasteiger partial charge in [0.05, 0.1) is 0 Å². The summed E-state index contributed by atoms with van der Waals surface area (Å²) in [5.41, 5.74) is 0. The third kappa shape index (κ3) is 220. The molecule has 0 unspecified atom stereocenters. The Bertz CT molecular complexity index is 61.5. The van der Waals surface area contributed by atoms with Gasteiger partial charge in [-0.1, -0.05) is 41.5 Å². The Balaban J connectivity index is -0.00000000972. The number of rotatable bonds is 0. The molecule has 0 aliphatic heterocycles. The van der Waals surface area contributed by atoms with Crippen molar-refractivity contribution in [2.24, 2.45) is 0 Å². The monoisotopic (exact) mass is 300 g/mol. The molecule has 14 heavy (non-hydrogen) atoms. The average molecular weight is 300 g/mol. The summed E-state index contributed by atoms with van der Waals surface area (Å²) in [6, 6.07) is 0. The van der Waals surface area contributed by atoms with Crippen molar-refractivity contribution in [2.45, 2.75) is 41.5 Å². The molecular formula is C10H29Ar3P. The van der Waals surface area contributed by atoms with Crippen LogP contribution in [0.25, 0.3) is 0 Å². The first-order chi connectivity index (χ1) is 5.00. The zero-order valence-electron chi connectivity index (χ0n) is 11.2. The third-order valence-corrected chi connectivity index (χ3v) is 0. The summed E-state index contributed by atoms with van der Waals surface area (Å²) in [5, 5.41) is 0. The summed E-state index contributed by atoms with van der Waals surface area (Å²) in [6.07, 6.45) is 3.88. The van der Waals surface area contributed by atoms with Crippen LogP contribution in [0.15, 0.2) is 0 Å². The Labute approximate surface area is 184 Å². The number of hydrogen-bond acceptors (Lipinski definition) is 0. The van der Waals surface area contributed by atoms with Gasteiger partial charge in [-0.2, -0.15) is 0 Å². The SMILES string of the molecule is C=P(C)(C)C.CC.CC.CC.[Ar].[Ar].[Ar]. The summed E-state index contributed by atoms with van der Waals surface area (Å²) < 4.78 is 0. The van der Waals surface area contributed by atoms with Crippen molar-refractivity contribution in [1.29, 1.82) is 0 Å². The van der Waals surface area contributed by atoms with Crippen molar-refractivity contribution in [3.63, 3.8) is 0 Å². The summed E-state index contributed by atoms with van der Waals surface area (Å²) in [5.74, 6) is 0. The fraction of sp³-hybridized carbons (Fsp3) is 0.900. The molecule has 0 N–H and O–H groups in total. The van der Waals surface area contributed by atoms with Gasteiger partial charge in [0, 0.05) is 113 Å². The van der Waals surface area contributed by atoms with Gasteiger partial charge in [0.25, 0.3) is 0 Å². The van der Waals surface area contributed by atoms with Crippen molar-refractivity contribution in [3.8, 4) is 0 Å². The maximum Gasteiger partial charge on any atom is 0 e. The Morgan fingerprint density at radius 1 is 0.571 bits per heavy atom. The maximum absolute atomic E-state index is 3.88. The van der Waals surface area contributed by atoms with E-state index in [2.05, 4.69) is 26.3 Å². The first kappa shape index (κ1) is 43.0. The molecular weight excluding hydrogens is 271 g/mol. The standard InChI is InChI=1S/C4H11P.3C2H6.3Ar/c1-5(2,3)4;3*1-2;;;/h1H2,2-4H3;3*1-2H3;;;. The zero-order valence-corrected chi connectivity index (χ0v) is 14.2. The zero-order chi connectivity index (χ0) is 10.5. The molecule has 0 nitrogen and oxygen atoms in total. The van der Waals surface area contributed by atoms with E-state index in [9.17, 15) is 0 Å². The van der Waals surface area contributed by atoms with Crippen molar-refractivity contribution in [1.82, 2.24) is 0 Å². The van der Waals surface area contributed by atoms with E-state index in [-0.39, 0.29) is 113 Å². The van der Waals surface area contributed by atoms with Gasteiger partial charge < -0.3 is 0 Å². The van der Waals surface area contributed by atoms with Crippen LogP contribution >= 0.6 is 6.89 Å². The van der Waals surface area contributed by atoms with Gasteiger partial charge in [-0.05, 0) is 20.0 Å². The Kier molecular flexibility index (Phi) is 133. The van der Waals surface area contributed by atoms with Crippen LogP contribution in [0.3, 0.4) is 0 Å². The second-order valence-corrected chi connectivity index (χ2v) is 6.87. The van der Waals surface area contributed by atoms with Crippen LogP contribution in [0.2, 0.25) is 0 Å². The molecule has 0 saturated carbocycles. The quantitative estimate of drug-likeness (QED) is 0.582. The van der Waals surface area contributed by atoms with Gasteiger partial charge in [-0.3, -0.25) is 0 Å². The molecule has 0 heterocycles. The van der Waals surface area contributed by atoms with E-state index >= 15 is 0 Å². The molecule has 4 heteroatoms. The third-order valence-electron chi connectivity index (χ3n) is 0. The Hall–Kier alpha value is 4.08. The molecule has 0 rings (SSSR count). The fourth-order valence-corrected chi connectivity index (χ4v) is 0. The van der Waals surface area contributed by atoms with Gasteiger partial charge in [0.1, 0.15) is 0 Å². The summed E-state index contributed by atoms with van der Waals surface area (Å²) in [4.78, 5) is 0.